The Morgan fingerprint density at radius 3 is 2.87 bits per heavy atom. The lowest BCUT2D eigenvalue weighted by atomic mass is 10.1. The zero-order valence-electron chi connectivity index (χ0n) is 8.73. The number of aromatic nitrogens is 1. The first-order valence-electron chi connectivity index (χ1n) is 4.53. The maximum absolute atomic E-state index is 10.5. The fourth-order valence-electron chi connectivity index (χ4n) is 1.29. The number of carboxylic acids is 1. The number of methoxy groups -OCH3 is 1. The van der Waals surface area contributed by atoms with E-state index in [4.69, 9.17) is 15.6 Å². The van der Waals surface area contributed by atoms with Crippen LogP contribution >= 0.6 is 0 Å². The van der Waals surface area contributed by atoms with E-state index in [0.717, 1.165) is 11.3 Å². The molecule has 1 aromatic rings. The van der Waals surface area contributed by atoms with Gasteiger partial charge in [0, 0.05) is 17.8 Å². The highest BCUT2D eigenvalue weighted by atomic mass is 16.5. The zero-order valence-corrected chi connectivity index (χ0v) is 8.73. The van der Waals surface area contributed by atoms with E-state index in [1.165, 1.54) is 7.11 Å². The molecule has 0 radical (unpaired) electrons. The van der Waals surface area contributed by atoms with Gasteiger partial charge in [0.25, 0.3) is 0 Å². The molecule has 1 atom stereocenters. The molecule has 0 aliphatic rings. The van der Waals surface area contributed by atoms with Crippen LogP contribution in [0.5, 0.6) is 5.88 Å². The molecule has 0 saturated carbocycles. The smallest absolute Gasteiger partial charge is 0.305 e. The molecule has 0 bridgehead atoms. The van der Waals surface area contributed by atoms with Crippen molar-refractivity contribution in [3.05, 3.63) is 23.4 Å². The van der Waals surface area contributed by atoms with Crippen molar-refractivity contribution in [1.82, 2.24) is 4.98 Å². The number of carbonyl (C=O) groups is 1. The standard InChI is InChI=1S/C10H14N2O3/c1-6-3-7(4-9(12-6)15-2)8(11)5-10(13)14/h3-4,8H,5,11H2,1-2H3,(H,13,14). The van der Waals surface area contributed by atoms with Crippen LogP contribution in [0.25, 0.3) is 0 Å². The SMILES string of the molecule is COc1cc(C(N)CC(=O)O)cc(C)n1. The molecule has 0 saturated heterocycles. The summed E-state index contributed by atoms with van der Waals surface area (Å²) in [6.07, 6.45) is -0.105. The monoisotopic (exact) mass is 210 g/mol. The van der Waals surface area contributed by atoms with Gasteiger partial charge in [-0.3, -0.25) is 4.79 Å². The summed E-state index contributed by atoms with van der Waals surface area (Å²) in [4.78, 5) is 14.6. The fraction of sp³-hybridized carbons (Fsp3) is 0.400. The van der Waals surface area contributed by atoms with E-state index in [0.29, 0.717) is 5.88 Å². The zero-order chi connectivity index (χ0) is 11.4. The molecule has 15 heavy (non-hydrogen) atoms. The van der Waals surface area contributed by atoms with Crippen LogP contribution in [-0.2, 0) is 4.79 Å². The first-order valence-corrected chi connectivity index (χ1v) is 4.53. The van der Waals surface area contributed by atoms with Gasteiger partial charge in [0.1, 0.15) is 0 Å². The average Bonchev–Trinajstić information content (AvgIpc) is 2.15. The number of hydrogen-bond donors (Lipinski definition) is 2. The molecular weight excluding hydrogens is 196 g/mol. The van der Waals surface area contributed by atoms with Gasteiger partial charge >= 0.3 is 5.97 Å². The summed E-state index contributed by atoms with van der Waals surface area (Å²) in [5.41, 5.74) is 7.20. The largest absolute Gasteiger partial charge is 0.481 e. The quantitative estimate of drug-likeness (QED) is 0.770. The summed E-state index contributed by atoms with van der Waals surface area (Å²) in [6.45, 7) is 1.81. The van der Waals surface area contributed by atoms with Gasteiger partial charge in [-0.25, -0.2) is 4.98 Å². The number of carboxylic acid groups (broad SMARTS) is 1. The lowest BCUT2D eigenvalue weighted by molar-refractivity contribution is -0.137. The van der Waals surface area contributed by atoms with Gasteiger partial charge in [-0.2, -0.15) is 0 Å². The van der Waals surface area contributed by atoms with Gasteiger partial charge in [-0.1, -0.05) is 0 Å². The summed E-state index contributed by atoms with van der Waals surface area (Å²) >= 11 is 0. The second-order valence-electron chi connectivity index (χ2n) is 3.29. The average molecular weight is 210 g/mol. The Labute approximate surface area is 87.9 Å². The molecule has 1 rings (SSSR count). The minimum atomic E-state index is -0.920. The maximum Gasteiger partial charge on any atom is 0.305 e. The summed E-state index contributed by atoms with van der Waals surface area (Å²) in [7, 11) is 1.51. The summed E-state index contributed by atoms with van der Waals surface area (Å²) in [6, 6.07) is 2.88. The predicted octanol–water partition coefficient (Wildman–Crippen LogP) is 0.873. The number of aryl methyl sites for hydroxylation is 1. The third kappa shape index (κ3) is 3.21. The molecule has 1 aromatic heterocycles. The van der Waals surface area contributed by atoms with Gasteiger partial charge in [0.15, 0.2) is 0 Å². The minimum absolute atomic E-state index is 0.105. The summed E-state index contributed by atoms with van der Waals surface area (Å²) in [5, 5.41) is 8.61. The topological polar surface area (TPSA) is 85.4 Å². The number of ether oxygens (including phenoxy) is 1. The molecule has 3 N–H and O–H groups in total. The van der Waals surface area contributed by atoms with Crippen molar-refractivity contribution >= 4 is 5.97 Å². The van der Waals surface area contributed by atoms with Gasteiger partial charge in [-0.05, 0) is 18.6 Å². The Morgan fingerprint density at radius 2 is 2.33 bits per heavy atom. The van der Waals surface area contributed by atoms with Crippen LogP contribution in [0.4, 0.5) is 0 Å². The minimum Gasteiger partial charge on any atom is -0.481 e. The van der Waals surface area contributed by atoms with Crippen LogP contribution in [0.2, 0.25) is 0 Å². The van der Waals surface area contributed by atoms with Crippen molar-refractivity contribution < 1.29 is 14.6 Å². The lowest BCUT2D eigenvalue weighted by Gasteiger charge is -2.11. The van der Waals surface area contributed by atoms with Crippen molar-refractivity contribution in [1.29, 1.82) is 0 Å². The molecule has 0 aliphatic carbocycles. The summed E-state index contributed by atoms with van der Waals surface area (Å²) in [5.74, 6) is -0.471. The van der Waals surface area contributed by atoms with E-state index < -0.39 is 12.0 Å². The van der Waals surface area contributed by atoms with Gasteiger partial charge in [0.05, 0.1) is 13.5 Å². The molecule has 0 fully saturated rings. The second kappa shape index (κ2) is 4.75. The van der Waals surface area contributed by atoms with Crippen LogP contribution < -0.4 is 10.5 Å². The van der Waals surface area contributed by atoms with Gasteiger partial charge in [-0.15, -0.1) is 0 Å². The van der Waals surface area contributed by atoms with Crippen LogP contribution in [0, 0.1) is 6.92 Å². The van der Waals surface area contributed by atoms with Gasteiger partial charge in [0.2, 0.25) is 5.88 Å². The normalized spacial score (nSPS) is 12.2. The number of aliphatic carboxylic acids is 1. The Kier molecular flexibility index (Phi) is 3.62. The van der Waals surface area contributed by atoms with Crippen molar-refractivity contribution in [2.24, 2.45) is 5.73 Å². The van der Waals surface area contributed by atoms with E-state index in [2.05, 4.69) is 4.98 Å². The highest BCUT2D eigenvalue weighted by molar-refractivity contribution is 5.67. The molecule has 1 heterocycles. The Hall–Kier alpha value is -1.62. The molecule has 0 amide bonds. The van der Waals surface area contributed by atoms with Crippen molar-refractivity contribution in [3.63, 3.8) is 0 Å². The molecular formula is C10H14N2O3. The highest BCUT2D eigenvalue weighted by Crippen LogP contribution is 2.19. The van der Waals surface area contributed by atoms with E-state index in [9.17, 15) is 4.79 Å². The molecule has 82 valence electrons. The number of nitrogens with two attached hydrogens (primary N) is 1. The van der Waals surface area contributed by atoms with Crippen molar-refractivity contribution in [2.45, 2.75) is 19.4 Å². The Balaban J connectivity index is 2.92. The number of nitrogens with zero attached hydrogens (tertiary/aromatic N) is 1. The molecule has 5 nitrogen and oxygen atoms in total. The number of hydrogen-bond acceptors (Lipinski definition) is 4. The Bertz CT molecular complexity index is 366. The van der Waals surface area contributed by atoms with Crippen molar-refractivity contribution in [3.8, 4) is 5.88 Å². The van der Waals surface area contributed by atoms with E-state index in [1.807, 2.05) is 0 Å². The second-order valence-corrected chi connectivity index (χ2v) is 3.29. The van der Waals surface area contributed by atoms with Crippen LogP contribution in [0.1, 0.15) is 23.7 Å². The van der Waals surface area contributed by atoms with Gasteiger partial charge < -0.3 is 15.6 Å². The molecule has 0 spiro atoms. The molecule has 5 heteroatoms. The number of rotatable bonds is 4. The highest BCUT2D eigenvalue weighted by Gasteiger charge is 2.12. The lowest BCUT2D eigenvalue weighted by Crippen LogP contribution is -2.15. The first-order chi connectivity index (χ1) is 7.02. The number of pyridine rings is 1. The van der Waals surface area contributed by atoms with Crippen LogP contribution in [0.3, 0.4) is 0 Å². The van der Waals surface area contributed by atoms with Crippen LogP contribution in [0.15, 0.2) is 12.1 Å². The molecule has 1 unspecified atom stereocenters. The molecule has 0 aliphatic heterocycles. The molecule has 0 aromatic carbocycles. The third-order valence-corrected chi connectivity index (χ3v) is 1.98. The van der Waals surface area contributed by atoms with Crippen molar-refractivity contribution in [2.75, 3.05) is 7.11 Å². The fourth-order valence-corrected chi connectivity index (χ4v) is 1.29. The van der Waals surface area contributed by atoms with Crippen LogP contribution in [-0.4, -0.2) is 23.2 Å². The summed E-state index contributed by atoms with van der Waals surface area (Å²) < 4.78 is 4.98. The predicted molar refractivity (Wildman–Crippen MR) is 54.7 cm³/mol. The maximum atomic E-state index is 10.5. The van der Waals surface area contributed by atoms with E-state index in [1.54, 1.807) is 19.1 Å². The van der Waals surface area contributed by atoms with E-state index in [-0.39, 0.29) is 6.42 Å². The third-order valence-electron chi connectivity index (χ3n) is 1.98. The Morgan fingerprint density at radius 1 is 1.67 bits per heavy atom. The van der Waals surface area contributed by atoms with E-state index >= 15 is 0 Å². The first kappa shape index (κ1) is 11.5.